The summed E-state index contributed by atoms with van der Waals surface area (Å²) < 4.78 is 4.55. The van der Waals surface area contributed by atoms with Crippen molar-refractivity contribution in [2.24, 2.45) is 11.8 Å². The van der Waals surface area contributed by atoms with Gasteiger partial charge in [-0.25, -0.2) is 0 Å². The van der Waals surface area contributed by atoms with E-state index in [-0.39, 0.29) is 10.5 Å². The number of carbonyl (C=O) groups excluding carboxylic acids is 2. The molecule has 7 heteroatoms. The summed E-state index contributed by atoms with van der Waals surface area (Å²) in [5.74, 6) is 0.976. The Morgan fingerprint density at radius 2 is 0.857 bits per heavy atom. The van der Waals surface area contributed by atoms with Crippen molar-refractivity contribution < 1.29 is 9.59 Å². The molecule has 2 N–H and O–H groups in total. The third-order valence-corrected chi connectivity index (χ3v) is 11.6. The minimum atomic E-state index is -1.83. The van der Waals surface area contributed by atoms with Gasteiger partial charge in [-0.2, -0.15) is 0 Å². The van der Waals surface area contributed by atoms with Crippen molar-refractivity contribution in [1.29, 1.82) is 0 Å². The van der Waals surface area contributed by atoms with Gasteiger partial charge in [0.05, 0.1) is 10.5 Å². The Balaban J connectivity index is 0.000000320. The van der Waals surface area contributed by atoms with Crippen molar-refractivity contribution in [2.45, 2.75) is 27.7 Å². The molecule has 0 fully saturated rings. The van der Waals surface area contributed by atoms with Crippen molar-refractivity contribution >= 4 is 66.5 Å². The summed E-state index contributed by atoms with van der Waals surface area (Å²) in [6, 6.07) is 32.9. The fraction of sp³-hybridized carbons (Fsp3) is 0.286. The summed E-state index contributed by atoms with van der Waals surface area (Å²) in [6.07, 6.45) is 0. The molecule has 0 saturated heterocycles. The van der Waals surface area contributed by atoms with Gasteiger partial charge in [-0.15, -0.1) is 0 Å². The van der Waals surface area contributed by atoms with E-state index < -0.39 is 20.2 Å². The molecule has 2 amide bonds. The van der Waals surface area contributed by atoms with E-state index >= 15 is 0 Å². The molecule has 0 aliphatic rings. The van der Waals surface area contributed by atoms with Crippen LogP contribution in [0, 0.1) is 11.8 Å². The van der Waals surface area contributed by atoms with Gasteiger partial charge >= 0.3 is 122 Å². The van der Waals surface area contributed by atoms with Gasteiger partial charge < -0.3 is 45.5 Å². The molecule has 0 radical (unpaired) electrons. The molecule has 3 rings (SSSR count). The van der Waals surface area contributed by atoms with E-state index in [4.69, 9.17) is 0 Å². The molecule has 3 aromatic carbocycles. The summed E-state index contributed by atoms with van der Waals surface area (Å²) in [5.41, 5.74) is 0. The van der Waals surface area contributed by atoms with Crippen LogP contribution >= 0.6 is 0 Å². The van der Waals surface area contributed by atoms with Gasteiger partial charge in [0.15, 0.2) is 0 Å². The minimum absolute atomic E-state index is 0.362. The zero-order valence-electron chi connectivity index (χ0n) is 20.8. The van der Waals surface area contributed by atoms with Crippen LogP contribution in [0.4, 0.5) is 9.59 Å². The van der Waals surface area contributed by atoms with Gasteiger partial charge in [-0.3, -0.25) is 0 Å². The third kappa shape index (κ3) is 14.8. The SMILES string of the molecule is CC(C)CNC(=O)[S-].CC(C)CNC(=O)[S-].c1cc[c]([Sb]([c]2ccccc2)[c]2ccccc2)cc1. The van der Waals surface area contributed by atoms with Crippen LogP contribution in [-0.2, 0) is 25.3 Å². The summed E-state index contributed by atoms with van der Waals surface area (Å²) in [5, 5.41) is 4.32. The van der Waals surface area contributed by atoms with E-state index in [9.17, 15) is 9.59 Å². The van der Waals surface area contributed by atoms with E-state index in [1.165, 1.54) is 10.5 Å². The first-order valence-corrected chi connectivity index (χ1v) is 16.2. The molecule has 0 aliphatic heterocycles. The predicted molar refractivity (Wildman–Crippen MR) is 155 cm³/mol. The van der Waals surface area contributed by atoms with Crippen LogP contribution in [0.1, 0.15) is 27.7 Å². The van der Waals surface area contributed by atoms with Crippen LogP contribution in [0.5, 0.6) is 0 Å². The fourth-order valence-corrected chi connectivity index (χ4v) is 9.50. The Kier molecular flexibility index (Phi) is 16.0. The Bertz CT molecular complexity index is 856. The molecule has 0 unspecified atom stereocenters. The van der Waals surface area contributed by atoms with Crippen molar-refractivity contribution in [3.8, 4) is 0 Å². The normalized spacial score (nSPS) is 10.0. The van der Waals surface area contributed by atoms with Gasteiger partial charge in [-0.1, -0.05) is 27.7 Å². The average molecular weight is 617 g/mol. The summed E-state index contributed by atoms with van der Waals surface area (Å²) in [6.45, 7) is 9.44. The number of carbonyl (C=O) groups is 2. The zero-order valence-corrected chi connectivity index (χ0v) is 25.0. The van der Waals surface area contributed by atoms with Crippen molar-refractivity contribution in [3.05, 3.63) is 91.0 Å². The van der Waals surface area contributed by atoms with Crippen LogP contribution in [0.15, 0.2) is 91.0 Å². The number of nitrogens with one attached hydrogen (secondary N) is 2. The number of hydrogen-bond acceptors (Lipinski definition) is 4. The van der Waals surface area contributed by atoms with Crippen LogP contribution in [-0.4, -0.2) is 43.8 Å². The Hall–Kier alpha value is -2.14. The number of rotatable bonds is 7. The molecule has 0 aromatic heterocycles. The van der Waals surface area contributed by atoms with Crippen molar-refractivity contribution in [3.63, 3.8) is 0 Å². The van der Waals surface area contributed by atoms with Crippen LogP contribution in [0.25, 0.3) is 0 Å². The van der Waals surface area contributed by atoms with Crippen molar-refractivity contribution in [2.75, 3.05) is 13.1 Å². The summed E-state index contributed by atoms with van der Waals surface area (Å²) in [4.78, 5) is 20.1. The van der Waals surface area contributed by atoms with E-state index in [0.29, 0.717) is 24.9 Å². The maximum absolute atomic E-state index is 10.1. The monoisotopic (exact) mass is 616 g/mol. The molecule has 0 aliphatic carbocycles. The quantitative estimate of drug-likeness (QED) is 0.311. The second kappa shape index (κ2) is 18.2. The third-order valence-electron chi connectivity index (χ3n) is 4.35. The van der Waals surface area contributed by atoms with Gasteiger partial charge in [0, 0.05) is 13.1 Å². The molecule has 0 spiro atoms. The first kappa shape index (κ1) is 30.9. The molecule has 0 atom stereocenters. The standard InChI is InChI=1S/3C6H5.2C5H11NOS.Sb/c3*1-2-4-6-5-3-1;2*1-4(2)3-6-5(7)8;/h3*1-5H;2*4H,3H2,1-2H3,(H2,6,7,8);/p-2. The van der Waals surface area contributed by atoms with Gasteiger partial charge in [0.1, 0.15) is 0 Å². The number of amides is 2. The molecular weight excluding hydrogens is 582 g/mol. The molecular formula is C28H35N2O2S2Sb-2. The van der Waals surface area contributed by atoms with E-state index in [0.717, 1.165) is 0 Å². The van der Waals surface area contributed by atoms with Gasteiger partial charge in [0.2, 0.25) is 0 Å². The second-order valence-corrected chi connectivity index (χ2v) is 15.5. The van der Waals surface area contributed by atoms with E-state index in [1.54, 1.807) is 0 Å². The van der Waals surface area contributed by atoms with Gasteiger partial charge in [-0.05, 0) is 11.8 Å². The first-order chi connectivity index (χ1) is 16.7. The first-order valence-electron chi connectivity index (χ1n) is 11.6. The van der Waals surface area contributed by atoms with Crippen molar-refractivity contribution in [1.82, 2.24) is 10.6 Å². The molecule has 0 bridgehead atoms. The number of hydrogen-bond donors (Lipinski definition) is 2. The van der Waals surface area contributed by atoms with E-state index in [1.807, 2.05) is 27.7 Å². The molecule has 0 saturated carbocycles. The van der Waals surface area contributed by atoms with Gasteiger partial charge in [0.25, 0.3) is 0 Å². The Morgan fingerprint density at radius 1 is 0.600 bits per heavy atom. The predicted octanol–water partition coefficient (Wildman–Crippen LogP) is 4.00. The molecule has 4 nitrogen and oxygen atoms in total. The maximum atomic E-state index is 10.1. The fourth-order valence-electron chi connectivity index (χ4n) is 2.75. The Labute approximate surface area is 229 Å². The number of benzene rings is 3. The van der Waals surface area contributed by atoms with Crippen LogP contribution in [0.3, 0.4) is 0 Å². The molecule has 0 heterocycles. The molecule has 188 valence electrons. The summed E-state index contributed by atoms with van der Waals surface area (Å²) in [7, 11) is 0. The van der Waals surface area contributed by atoms with Crippen LogP contribution < -0.4 is 21.2 Å². The average Bonchev–Trinajstić information content (AvgIpc) is 2.84. The molecule has 35 heavy (non-hydrogen) atoms. The summed E-state index contributed by atoms with van der Waals surface area (Å²) >= 11 is 6.67. The second-order valence-electron chi connectivity index (χ2n) is 8.47. The van der Waals surface area contributed by atoms with Crippen LogP contribution in [0.2, 0.25) is 0 Å². The molecule has 3 aromatic rings. The topological polar surface area (TPSA) is 58.2 Å². The zero-order chi connectivity index (χ0) is 26.1. The Morgan fingerprint density at radius 3 is 1.03 bits per heavy atom. The van der Waals surface area contributed by atoms with E-state index in [2.05, 4.69) is 127 Å².